The molecule has 0 radical (unpaired) electrons. The van der Waals surface area contributed by atoms with Crippen molar-refractivity contribution >= 4 is 11.9 Å². The predicted molar refractivity (Wildman–Crippen MR) is 86.0 cm³/mol. The summed E-state index contributed by atoms with van der Waals surface area (Å²) in [4.78, 5) is 22.9. The van der Waals surface area contributed by atoms with E-state index in [1.807, 2.05) is 0 Å². The summed E-state index contributed by atoms with van der Waals surface area (Å²) in [6.45, 7) is 0. The largest absolute Gasteiger partial charge is 0.501 e. The van der Waals surface area contributed by atoms with Gasteiger partial charge >= 0.3 is 18.0 Å². The summed E-state index contributed by atoms with van der Waals surface area (Å²) in [5.41, 5.74) is -0.135. The molecule has 7 heteroatoms. The van der Waals surface area contributed by atoms with E-state index in [0.717, 1.165) is 31.4 Å². The van der Waals surface area contributed by atoms with Crippen LogP contribution in [0.25, 0.3) is 0 Å². The maximum Gasteiger partial charge on any atom is 0.501 e. The first-order valence-electron chi connectivity index (χ1n) is 8.88. The molecule has 4 aliphatic carbocycles. The number of hydrogen-bond acceptors (Lipinski definition) is 4. The Hall–Kier alpha value is -2.18. The number of alkyl halides is 2. The molecule has 5 nitrogen and oxygen atoms in total. The van der Waals surface area contributed by atoms with Crippen LogP contribution < -0.4 is 4.74 Å². The second-order valence-electron chi connectivity index (χ2n) is 7.94. The van der Waals surface area contributed by atoms with Crippen molar-refractivity contribution in [2.24, 2.45) is 17.8 Å². The van der Waals surface area contributed by atoms with Crippen LogP contribution in [0.5, 0.6) is 5.75 Å². The number of carbonyl (C=O) groups is 2. The van der Waals surface area contributed by atoms with Gasteiger partial charge in [0.15, 0.2) is 0 Å². The van der Waals surface area contributed by atoms with Gasteiger partial charge in [0.25, 0.3) is 0 Å². The summed E-state index contributed by atoms with van der Waals surface area (Å²) in [5.74, 6) is -1.25. The topological polar surface area (TPSA) is 72.8 Å². The molecule has 0 amide bonds. The van der Waals surface area contributed by atoms with Crippen molar-refractivity contribution < 1.29 is 33.0 Å². The first kappa shape index (κ1) is 17.2. The van der Waals surface area contributed by atoms with Crippen molar-refractivity contribution in [3.8, 4) is 5.75 Å². The average molecular weight is 366 g/mol. The average Bonchev–Trinajstić information content (AvgIpc) is 2.53. The highest BCUT2D eigenvalue weighted by molar-refractivity contribution is 5.89. The third-order valence-corrected chi connectivity index (χ3v) is 5.88. The first-order valence-corrected chi connectivity index (χ1v) is 8.88. The zero-order valence-electron chi connectivity index (χ0n) is 14.1. The molecular weight excluding hydrogens is 346 g/mol. The highest BCUT2D eigenvalue weighted by Gasteiger charge is 2.53. The van der Waals surface area contributed by atoms with Crippen molar-refractivity contribution in [3.05, 3.63) is 29.8 Å². The van der Waals surface area contributed by atoms with Crippen molar-refractivity contribution in [1.29, 1.82) is 0 Å². The van der Waals surface area contributed by atoms with Gasteiger partial charge in [0.1, 0.15) is 11.4 Å². The van der Waals surface area contributed by atoms with Gasteiger partial charge in [0, 0.05) is 0 Å². The van der Waals surface area contributed by atoms with Crippen LogP contribution in [0.15, 0.2) is 24.3 Å². The van der Waals surface area contributed by atoms with Crippen molar-refractivity contribution in [2.75, 3.05) is 0 Å². The van der Waals surface area contributed by atoms with Gasteiger partial charge in [-0.3, -0.25) is 0 Å². The molecule has 0 aromatic heterocycles. The van der Waals surface area contributed by atoms with Crippen LogP contribution in [0.4, 0.5) is 8.78 Å². The summed E-state index contributed by atoms with van der Waals surface area (Å²) in [5, 5.41) is 8.39. The molecule has 26 heavy (non-hydrogen) atoms. The van der Waals surface area contributed by atoms with E-state index in [4.69, 9.17) is 9.84 Å². The Morgan fingerprint density at radius 3 is 1.96 bits per heavy atom. The summed E-state index contributed by atoms with van der Waals surface area (Å²) in [6.07, 6.45) is 2.13. The molecule has 1 aromatic carbocycles. The lowest BCUT2D eigenvalue weighted by atomic mass is 9.54. The Bertz CT molecular complexity index is 693. The minimum absolute atomic E-state index is 0.242. The minimum atomic E-state index is -4.32. The number of carboxylic acids is 1. The molecule has 1 aromatic rings. The number of esters is 1. The molecule has 4 saturated carbocycles. The van der Waals surface area contributed by atoms with Crippen molar-refractivity contribution in [3.63, 3.8) is 0 Å². The summed E-state index contributed by atoms with van der Waals surface area (Å²) in [7, 11) is 0. The lowest BCUT2D eigenvalue weighted by Crippen LogP contribution is -2.52. The SMILES string of the molecule is O=C(OC12CC3CC(CC(C3)C1)C2)c1ccc(OC(F)(F)C(=O)O)cc1. The number of halogens is 2. The number of carbonyl (C=O) groups excluding carboxylic acids is 1. The van der Waals surface area contributed by atoms with Crippen LogP contribution in [-0.4, -0.2) is 28.8 Å². The Morgan fingerprint density at radius 1 is 1.00 bits per heavy atom. The second kappa shape index (κ2) is 5.93. The maximum atomic E-state index is 13.1. The van der Waals surface area contributed by atoms with E-state index >= 15 is 0 Å². The van der Waals surface area contributed by atoms with E-state index in [-0.39, 0.29) is 16.9 Å². The van der Waals surface area contributed by atoms with Crippen LogP contribution in [0.1, 0.15) is 48.9 Å². The van der Waals surface area contributed by atoms with Gasteiger partial charge in [-0.1, -0.05) is 0 Å². The normalized spacial score (nSPS) is 32.3. The Morgan fingerprint density at radius 2 is 1.50 bits per heavy atom. The fourth-order valence-electron chi connectivity index (χ4n) is 5.26. The molecular formula is C19H20F2O5. The van der Waals surface area contributed by atoms with Crippen LogP contribution in [-0.2, 0) is 9.53 Å². The molecule has 140 valence electrons. The van der Waals surface area contributed by atoms with E-state index in [1.54, 1.807) is 0 Å². The first-order chi connectivity index (χ1) is 12.2. The van der Waals surface area contributed by atoms with E-state index in [0.29, 0.717) is 17.8 Å². The minimum Gasteiger partial charge on any atom is -0.474 e. The summed E-state index contributed by atoms with van der Waals surface area (Å²) >= 11 is 0. The molecule has 0 atom stereocenters. The molecule has 0 heterocycles. The monoisotopic (exact) mass is 366 g/mol. The smallest absolute Gasteiger partial charge is 0.474 e. The van der Waals surface area contributed by atoms with Crippen LogP contribution in [0.2, 0.25) is 0 Å². The van der Waals surface area contributed by atoms with E-state index in [1.165, 1.54) is 31.4 Å². The molecule has 5 rings (SSSR count). The van der Waals surface area contributed by atoms with Gasteiger partial charge in [-0.05, 0) is 80.5 Å². The van der Waals surface area contributed by atoms with E-state index < -0.39 is 18.0 Å². The number of ether oxygens (including phenoxy) is 2. The van der Waals surface area contributed by atoms with E-state index in [2.05, 4.69) is 4.74 Å². The molecule has 0 saturated heterocycles. The number of benzene rings is 1. The lowest BCUT2D eigenvalue weighted by Gasteiger charge is -2.55. The van der Waals surface area contributed by atoms with Gasteiger partial charge in [-0.25, -0.2) is 9.59 Å². The number of aliphatic carboxylic acids is 1. The number of carboxylic acid groups (broad SMARTS) is 1. The molecule has 0 spiro atoms. The highest BCUT2D eigenvalue weighted by atomic mass is 19.3. The molecule has 4 fully saturated rings. The van der Waals surface area contributed by atoms with Crippen LogP contribution in [0, 0.1) is 17.8 Å². The van der Waals surface area contributed by atoms with E-state index in [9.17, 15) is 18.4 Å². The molecule has 4 bridgehead atoms. The summed E-state index contributed by atoms with van der Waals surface area (Å²) < 4.78 is 36.2. The third kappa shape index (κ3) is 3.15. The maximum absolute atomic E-state index is 13.1. The zero-order valence-corrected chi connectivity index (χ0v) is 14.1. The third-order valence-electron chi connectivity index (χ3n) is 5.88. The van der Waals surface area contributed by atoms with Crippen molar-refractivity contribution in [1.82, 2.24) is 0 Å². The van der Waals surface area contributed by atoms with Gasteiger partial charge in [-0.2, -0.15) is 8.78 Å². The van der Waals surface area contributed by atoms with Gasteiger partial charge in [0.2, 0.25) is 0 Å². The van der Waals surface area contributed by atoms with Gasteiger partial charge in [-0.15, -0.1) is 0 Å². The Labute approximate surface area is 149 Å². The lowest BCUT2D eigenvalue weighted by molar-refractivity contribution is -0.210. The molecule has 0 unspecified atom stereocenters. The van der Waals surface area contributed by atoms with Crippen LogP contribution in [0.3, 0.4) is 0 Å². The molecule has 1 N–H and O–H groups in total. The summed E-state index contributed by atoms with van der Waals surface area (Å²) in [6, 6.07) is 4.92. The second-order valence-corrected chi connectivity index (χ2v) is 7.94. The highest BCUT2D eigenvalue weighted by Crippen LogP contribution is 2.57. The van der Waals surface area contributed by atoms with Crippen LogP contribution >= 0.6 is 0 Å². The number of hydrogen-bond donors (Lipinski definition) is 1. The molecule has 0 aliphatic heterocycles. The fourth-order valence-corrected chi connectivity index (χ4v) is 5.26. The van der Waals surface area contributed by atoms with Gasteiger partial charge in [0.05, 0.1) is 5.56 Å². The Kier molecular flexibility index (Phi) is 3.93. The fraction of sp³-hybridized carbons (Fsp3) is 0.579. The molecule has 4 aliphatic rings. The number of rotatable bonds is 5. The Balaban J connectivity index is 1.43. The van der Waals surface area contributed by atoms with Crippen molar-refractivity contribution in [2.45, 2.75) is 50.2 Å². The quantitative estimate of drug-likeness (QED) is 0.801. The zero-order chi connectivity index (χ0) is 18.5. The van der Waals surface area contributed by atoms with Gasteiger partial charge < -0.3 is 14.6 Å². The predicted octanol–water partition coefficient (Wildman–Crippen LogP) is 3.87. The standard InChI is InChI=1S/C19H20F2O5/c20-19(21,17(23)24)25-15-3-1-14(2-4-15)16(22)26-18-8-11-5-12(9-18)7-13(6-11)10-18/h1-4,11-13H,5-10H2,(H,23,24).